The van der Waals surface area contributed by atoms with E-state index in [0.29, 0.717) is 18.3 Å². The number of hydrogen-bond acceptors (Lipinski definition) is 2. The lowest BCUT2D eigenvalue weighted by Gasteiger charge is -2.18. The topological polar surface area (TPSA) is 52.3 Å². The van der Waals surface area contributed by atoms with Crippen molar-refractivity contribution >= 4 is 5.91 Å². The Balaban J connectivity index is 2.64. The lowest BCUT2D eigenvalue weighted by molar-refractivity contribution is -0.118. The van der Waals surface area contributed by atoms with Gasteiger partial charge in [-0.25, -0.2) is 0 Å². The third-order valence-corrected chi connectivity index (χ3v) is 1.90. The molecule has 0 spiro atoms. The van der Waals surface area contributed by atoms with Gasteiger partial charge in [0.15, 0.2) is 5.76 Å². The molecule has 1 aliphatic rings. The first-order chi connectivity index (χ1) is 5.24. The number of primary amides is 1. The summed E-state index contributed by atoms with van der Waals surface area (Å²) in [5.41, 5.74) is 5.05. The minimum atomic E-state index is -0.455. The van der Waals surface area contributed by atoms with Crippen LogP contribution >= 0.6 is 0 Å². The van der Waals surface area contributed by atoms with E-state index in [2.05, 4.69) is 6.92 Å². The summed E-state index contributed by atoms with van der Waals surface area (Å²) in [5, 5.41) is 0. The zero-order chi connectivity index (χ0) is 8.27. The van der Waals surface area contributed by atoms with Crippen LogP contribution in [0.1, 0.15) is 19.8 Å². The molecule has 0 aromatic carbocycles. The molecule has 11 heavy (non-hydrogen) atoms. The van der Waals surface area contributed by atoms with Crippen LogP contribution in [0.5, 0.6) is 0 Å². The fraction of sp³-hybridized carbons (Fsp3) is 0.625. The van der Waals surface area contributed by atoms with Crippen molar-refractivity contribution in [3.05, 3.63) is 11.8 Å². The summed E-state index contributed by atoms with van der Waals surface area (Å²) < 4.78 is 5.06. The summed E-state index contributed by atoms with van der Waals surface area (Å²) >= 11 is 0. The number of nitrogens with two attached hydrogens (primary N) is 1. The van der Waals surface area contributed by atoms with Crippen LogP contribution in [0.3, 0.4) is 0 Å². The molecule has 0 bridgehead atoms. The second kappa shape index (κ2) is 3.42. The van der Waals surface area contributed by atoms with Crippen molar-refractivity contribution in [2.75, 3.05) is 6.61 Å². The lowest BCUT2D eigenvalue weighted by atomic mass is 10.0. The molecule has 2 N–H and O–H groups in total. The second-order valence-electron chi connectivity index (χ2n) is 2.70. The van der Waals surface area contributed by atoms with Crippen LogP contribution in [0.4, 0.5) is 0 Å². The highest BCUT2D eigenvalue weighted by molar-refractivity contribution is 5.89. The Kier molecular flexibility index (Phi) is 2.52. The summed E-state index contributed by atoms with van der Waals surface area (Å²) in [6, 6.07) is 0. The fourth-order valence-corrected chi connectivity index (χ4v) is 1.14. The van der Waals surface area contributed by atoms with E-state index in [1.807, 2.05) is 6.08 Å². The third kappa shape index (κ3) is 1.97. The monoisotopic (exact) mass is 155 g/mol. The Morgan fingerprint density at radius 2 is 2.64 bits per heavy atom. The molecule has 0 radical (unpaired) electrons. The second-order valence-corrected chi connectivity index (χ2v) is 2.70. The van der Waals surface area contributed by atoms with E-state index in [4.69, 9.17) is 10.5 Å². The Morgan fingerprint density at radius 3 is 3.18 bits per heavy atom. The van der Waals surface area contributed by atoms with E-state index in [-0.39, 0.29) is 0 Å². The molecule has 1 rings (SSSR count). The van der Waals surface area contributed by atoms with E-state index in [1.165, 1.54) is 0 Å². The first-order valence-corrected chi connectivity index (χ1v) is 3.88. The van der Waals surface area contributed by atoms with Crippen molar-refractivity contribution in [2.24, 2.45) is 11.7 Å². The van der Waals surface area contributed by atoms with Crippen molar-refractivity contribution in [3.8, 4) is 0 Å². The smallest absolute Gasteiger partial charge is 0.283 e. The van der Waals surface area contributed by atoms with Gasteiger partial charge < -0.3 is 10.5 Å². The van der Waals surface area contributed by atoms with Gasteiger partial charge in [-0.05, 0) is 24.8 Å². The van der Waals surface area contributed by atoms with Gasteiger partial charge in [0, 0.05) is 0 Å². The number of amides is 1. The SMILES string of the molecule is CCC1C=C(C(N)=O)OCC1. The van der Waals surface area contributed by atoms with Gasteiger partial charge in [0.1, 0.15) is 0 Å². The molecular weight excluding hydrogens is 142 g/mol. The average molecular weight is 155 g/mol. The zero-order valence-electron chi connectivity index (χ0n) is 6.67. The van der Waals surface area contributed by atoms with Crippen LogP contribution in [-0.2, 0) is 9.53 Å². The van der Waals surface area contributed by atoms with E-state index in [9.17, 15) is 4.79 Å². The maximum absolute atomic E-state index is 10.6. The number of allylic oxidation sites excluding steroid dienone is 1. The van der Waals surface area contributed by atoms with E-state index >= 15 is 0 Å². The van der Waals surface area contributed by atoms with Crippen molar-refractivity contribution in [1.82, 2.24) is 0 Å². The predicted molar refractivity (Wildman–Crippen MR) is 41.6 cm³/mol. The molecule has 1 aliphatic heterocycles. The van der Waals surface area contributed by atoms with Gasteiger partial charge in [0.05, 0.1) is 6.61 Å². The molecule has 0 fully saturated rings. The highest BCUT2D eigenvalue weighted by Crippen LogP contribution is 2.18. The van der Waals surface area contributed by atoms with Gasteiger partial charge in [-0.1, -0.05) is 6.92 Å². The standard InChI is InChI=1S/C8H13NO2/c1-2-6-3-4-11-7(5-6)8(9)10/h5-6H,2-4H2,1H3,(H2,9,10). The van der Waals surface area contributed by atoms with Crippen LogP contribution in [0.15, 0.2) is 11.8 Å². The molecule has 1 unspecified atom stereocenters. The van der Waals surface area contributed by atoms with Crippen LogP contribution in [0, 0.1) is 5.92 Å². The molecule has 1 amide bonds. The van der Waals surface area contributed by atoms with Crippen molar-refractivity contribution in [1.29, 1.82) is 0 Å². The average Bonchev–Trinajstić information content (AvgIpc) is 2.05. The summed E-state index contributed by atoms with van der Waals surface area (Å²) in [5.74, 6) is 0.345. The molecule has 62 valence electrons. The number of rotatable bonds is 2. The summed E-state index contributed by atoms with van der Waals surface area (Å²) in [6.07, 6.45) is 3.86. The summed E-state index contributed by atoms with van der Waals surface area (Å²) in [6.45, 7) is 2.71. The normalized spacial score (nSPS) is 23.7. The maximum Gasteiger partial charge on any atom is 0.283 e. The molecule has 0 aromatic rings. The molecular formula is C8H13NO2. The number of carbonyl (C=O) groups excluding carboxylic acids is 1. The van der Waals surface area contributed by atoms with E-state index in [1.54, 1.807) is 0 Å². The molecule has 3 nitrogen and oxygen atoms in total. The largest absolute Gasteiger partial charge is 0.488 e. The summed E-state index contributed by atoms with van der Waals surface area (Å²) in [4.78, 5) is 10.6. The minimum absolute atomic E-state index is 0.336. The molecule has 1 atom stereocenters. The van der Waals surface area contributed by atoms with Crippen LogP contribution in [0.2, 0.25) is 0 Å². The first kappa shape index (κ1) is 8.11. The van der Waals surface area contributed by atoms with Gasteiger partial charge in [-0.15, -0.1) is 0 Å². The van der Waals surface area contributed by atoms with Gasteiger partial charge in [-0.3, -0.25) is 4.79 Å². The van der Waals surface area contributed by atoms with Crippen LogP contribution in [-0.4, -0.2) is 12.5 Å². The molecule has 0 saturated carbocycles. The lowest BCUT2D eigenvalue weighted by Crippen LogP contribution is -2.21. The van der Waals surface area contributed by atoms with Crippen molar-refractivity contribution in [3.63, 3.8) is 0 Å². The van der Waals surface area contributed by atoms with E-state index < -0.39 is 5.91 Å². The highest BCUT2D eigenvalue weighted by Gasteiger charge is 2.15. The van der Waals surface area contributed by atoms with Crippen LogP contribution in [0.25, 0.3) is 0 Å². The van der Waals surface area contributed by atoms with Crippen molar-refractivity contribution < 1.29 is 9.53 Å². The Labute approximate surface area is 66.2 Å². The minimum Gasteiger partial charge on any atom is -0.488 e. The predicted octanol–water partition coefficient (Wildman–Crippen LogP) is 0.802. The molecule has 0 aromatic heterocycles. The number of hydrogen-bond donors (Lipinski definition) is 1. The fourth-order valence-electron chi connectivity index (χ4n) is 1.14. The zero-order valence-corrected chi connectivity index (χ0v) is 6.67. The molecule has 0 saturated heterocycles. The maximum atomic E-state index is 10.6. The van der Waals surface area contributed by atoms with E-state index in [0.717, 1.165) is 12.8 Å². The molecule has 3 heteroatoms. The Bertz CT molecular complexity index is 187. The van der Waals surface area contributed by atoms with Gasteiger partial charge in [-0.2, -0.15) is 0 Å². The van der Waals surface area contributed by atoms with Crippen molar-refractivity contribution in [2.45, 2.75) is 19.8 Å². The summed E-state index contributed by atoms with van der Waals surface area (Å²) in [7, 11) is 0. The third-order valence-electron chi connectivity index (χ3n) is 1.90. The molecule has 0 aliphatic carbocycles. The molecule has 1 heterocycles. The quantitative estimate of drug-likeness (QED) is 0.641. The number of ether oxygens (including phenoxy) is 1. The van der Waals surface area contributed by atoms with Gasteiger partial charge in [0.25, 0.3) is 5.91 Å². The van der Waals surface area contributed by atoms with Gasteiger partial charge >= 0.3 is 0 Å². The Hall–Kier alpha value is -0.990. The highest BCUT2D eigenvalue weighted by atomic mass is 16.5. The number of carbonyl (C=O) groups is 1. The van der Waals surface area contributed by atoms with Gasteiger partial charge in [0.2, 0.25) is 0 Å². The Morgan fingerprint density at radius 1 is 1.91 bits per heavy atom. The first-order valence-electron chi connectivity index (χ1n) is 3.88. The van der Waals surface area contributed by atoms with Crippen LogP contribution < -0.4 is 5.73 Å².